The molecule has 390 valence electrons. The van der Waals surface area contributed by atoms with Crippen LogP contribution in [0.4, 0.5) is 0 Å². The fourth-order valence-electron chi connectivity index (χ4n) is 7.30. The molecule has 0 aromatic carbocycles. The second-order valence-electron chi connectivity index (χ2n) is 18.1. The molecule has 0 aromatic rings. The molecule has 6 heteroatoms. The normalized spacial score (nSPS) is 13.0. The Balaban J connectivity index is 4.50. The first kappa shape index (κ1) is 64.8. The van der Waals surface area contributed by atoms with Crippen LogP contribution in [0.5, 0.6) is 0 Å². The molecule has 0 aliphatic rings. The van der Waals surface area contributed by atoms with Gasteiger partial charge in [0.2, 0.25) is 0 Å². The monoisotopic (exact) mass is 955 g/mol. The van der Waals surface area contributed by atoms with Crippen LogP contribution < -0.4 is 0 Å². The Morgan fingerprint density at radius 3 is 0.986 bits per heavy atom. The number of ether oxygens (including phenoxy) is 3. The number of hydrogen-bond acceptors (Lipinski definition) is 6. The van der Waals surface area contributed by atoms with Gasteiger partial charge in [-0.1, -0.05) is 226 Å². The van der Waals surface area contributed by atoms with Crippen molar-refractivity contribution in [3.05, 3.63) is 122 Å². The third-order valence-corrected chi connectivity index (χ3v) is 11.4. The second kappa shape index (κ2) is 56.4. The minimum absolute atomic E-state index is 0.117. The molecule has 1 atom stereocenters. The first-order chi connectivity index (χ1) is 34.0. The summed E-state index contributed by atoms with van der Waals surface area (Å²) in [6.07, 6.45) is 77.7. The highest BCUT2D eigenvalue weighted by molar-refractivity contribution is 5.71. The average Bonchev–Trinajstić information content (AvgIpc) is 3.35. The molecule has 0 radical (unpaired) electrons. The van der Waals surface area contributed by atoms with Gasteiger partial charge in [-0.05, 0) is 116 Å². The van der Waals surface area contributed by atoms with Crippen LogP contribution in [-0.2, 0) is 28.6 Å². The number of unbranched alkanes of at least 4 members (excludes halogenated alkanes) is 18. The van der Waals surface area contributed by atoms with Gasteiger partial charge in [0.25, 0.3) is 0 Å². The lowest BCUT2D eigenvalue weighted by molar-refractivity contribution is -0.166. The van der Waals surface area contributed by atoms with E-state index in [1.165, 1.54) is 77.0 Å². The number of rotatable bonds is 49. The fraction of sp³-hybridized carbons (Fsp3) is 0.635. The SMILES string of the molecule is CC/C=C/C/C=C/C/C=C/C/C=C/C/C=C/CCCCCC(=O)OCC(COC(=O)CC/C=C/C/C=C/CCCCCCCC)OC(=O)CCCCCCCCCCC/C=C/C/C=C/C/C=C/CC. The van der Waals surface area contributed by atoms with Crippen molar-refractivity contribution in [2.24, 2.45) is 0 Å². The van der Waals surface area contributed by atoms with E-state index >= 15 is 0 Å². The minimum Gasteiger partial charge on any atom is -0.462 e. The fourth-order valence-corrected chi connectivity index (χ4v) is 7.30. The molecule has 0 saturated carbocycles. The lowest BCUT2D eigenvalue weighted by atomic mass is 10.1. The molecule has 0 saturated heterocycles. The van der Waals surface area contributed by atoms with Crippen molar-refractivity contribution in [3.63, 3.8) is 0 Å². The van der Waals surface area contributed by atoms with E-state index in [0.29, 0.717) is 19.3 Å². The van der Waals surface area contributed by atoms with Gasteiger partial charge in [-0.25, -0.2) is 0 Å². The van der Waals surface area contributed by atoms with E-state index in [2.05, 4.69) is 136 Å². The standard InChI is InChI=1S/C63H102O6/c1-4-7-10-13-16-19-22-25-27-29-31-33-35-38-41-44-47-50-53-56-62(65)68-59-60(58-67-61(64)55-52-49-46-43-40-37-24-21-18-15-12-9-6-3)69-63(66)57-54-51-48-45-42-39-36-34-32-30-28-26-23-20-17-14-11-8-5-2/h7-8,10-11,16-17,19-20,25-28,31,33,37-38,40-41,46,49,60H,4-6,9,12-15,18,21-24,29-30,32,34-36,39,42-45,47-48,50-59H2,1-3H3/b10-7+,11-8+,19-16+,20-17+,27-25+,28-26+,33-31+,40-37+,41-38+,49-46+. The molecule has 0 amide bonds. The third-order valence-electron chi connectivity index (χ3n) is 11.4. The van der Waals surface area contributed by atoms with Gasteiger partial charge in [-0.2, -0.15) is 0 Å². The van der Waals surface area contributed by atoms with Gasteiger partial charge in [-0.15, -0.1) is 0 Å². The Morgan fingerprint density at radius 2 is 0.594 bits per heavy atom. The lowest BCUT2D eigenvalue weighted by Crippen LogP contribution is -2.30. The molecule has 0 aliphatic heterocycles. The van der Waals surface area contributed by atoms with E-state index in [0.717, 1.165) is 116 Å². The smallest absolute Gasteiger partial charge is 0.306 e. The predicted octanol–water partition coefficient (Wildman–Crippen LogP) is 18.9. The van der Waals surface area contributed by atoms with Crippen LogP contribution in [0.1, 0.15) is 239 Å². The summed E-state index contributed by atoms with van der Waals surface area (Å²) in [6, 6.07) is 0. The summed E-state index contributed by atoms with van der Waals surface area (Å²) < 4.78 is 16.8. The molecule has 0 fully saturated rings. The zero-order valence-corrected chi connectivity index (χ0v) is 44.5. The predicted molar refractivity (Wildman–Crippen MR) is 297 cm³/mol. The van der Waals surface area contributed by atoms with Crippen LogP contribution in [0.15, 0.2) is 122 Å². The van der Waals surface area contributed by atoms with E-state index in [1.54, 1.807) is 0 Å². The molecule has 0 rings (SSSR count). The molecule has 0 bridgehead atoms. The van der Waals surface area contributed by atoms with Gasteiger partial charge in [0.05, 0.1) is 0 Å². The Bertz CT molecular complexity index is 1470. The molecule has 0 heterocycles. The van der Waals surface area contributed by atoms with Crippen molar-refractivity contribution < 1.29 is 28.6 Å². The van der Waals surface area contributed by atoms with Crippen LogP contribution in [0.2, 0.25) is 0 Å². The Morgan fingerprint density at radius 1 is 0.304 bits per heavy atom. The van der Waals surface area contributed by atoms with Crippen molar-refractivity contribution in [3.8, 4) is 0 Å². The van der Waals surface area contributed by atoms with Gasteiger partial charge in [0.15, 0.2) is 6.10 Å². The zero-order valence-electron chi connectivity index (χ0n) is 44.5. The van der Waals surface area contributed by atoms with Crippen LogP contribution in [-0.4, -0.2) is 37.2 Å². The van der Waals surface area contributed by atoms with E-state index < -0.39 is 6.10 Å². The van der Waals surface area contributed by atoms with Crippen molar-refractivity contribution in [1.29, 1.82) is 0 Å². The maximum atomic E-state index is 12.9. The van der Waals surface area contributed by atoms with E-state index in [9.17, 15) is 14.4 Å². The van der Waals surface area contributed by atoms with Gasteiger partial charge >= 0.3 is 17.9 Å². The zero-order chi connectivity index (χ0) is 50.0. The number of esters is 3. The van der Waals surface area contributed by atoms with Crippen molar-refractivity contribution in [2.45, 2.75) is 245 Å². The van der Waals surface area contributed by atoms with Gasteiger partial charge in [0, 0.05) is 19.3 Å². The van der Waals surface area contributed by atoms with Crippen molar-refractivity contribution in [2.75, 3.05) is 13.2 Å². The Kier molecular flexibility index (Phi) is 53.0. The quantitative estimate of drug-likeness (QED) is 0.0262. The van der Waals surface area contributed by atoms with Crippen molar-refractivity contribution in [1.82, 2.24) is 0 Å². The van der Waals surface area contributed by atoms with Crippen LogP contribution >= 0.6 is 0 Å². The summed E-state index contributed by atoms with van der Waals surface area (Å²) in [6.45, 7) is 6.32. The number of hydrogen-bond donors (Lipinski definition) is 0. The van der Waals surface area contributed by atoms with Gasteiger partial charge in [0.1, 0.15) is 13.2 Å². The average molecular weight is 956 g/mol. The third kappa shape index (κ3) is 54.6. The van der Waals surface area contributed by atoms with Crippen LogP contribution in [0.25, 0.3) is 0 Å². The summed E-state index contributed by atoms with van der Waals surface area (Å²) in [5.41, 5.74) is 0. The molecule has 6 nitrogen and oxygen atoms in total. The van der Waals surface area contributed by atoms with E-state index in [-0.39, 0.29) is 37.5 Å². The molecule has 0 spiro atoms. The molecular weight excluding hydrogens is 853 g/mol. The molecule has 69 heavy (non-hydrogen) atoms. The topological polar surface area (TPSA) is 78.9 Å². The summed E-state index contributed by atoms with van der Waals surface area (Å²) in [5, 5.41) is 0. The highest BCUT2D eigenvalue weighted by atomic mass is 16.6. The molecule has 0 aromatic heterocycles. The molecule has 1 unspecified atom stereocenters. The summed E-state index contributed by atoms with van der Waals surface area (Å²) >= 11 is 0. The highest BCUT2D eigenvalue weighted by Gasteiger charge is 2.19. The largest absolute Gasteiger partial charge is 0.462 e. The first-order valence-electron chi connectivity index (χ1n) is 28.0. The first-order valence-corrected chi connectivity index (χ1v) is 28.0. The van der Waals surface area contributed by atoms with E-state index in [1.807, 2.05) is 6.08 Å². The maximum Gasteiger partial charge on any atom is 0.306 e. The van der Waals surface area contributed by atoms with Crippen LogP contribution in [0.3, 0.4) is 0 Å². The van der Waals surface area contributed by atoms with E-state index in [4.69, 9.17) is 14.2 Å². The number of carbonyl (C=O) groups is 3. The highest BCUT2D eigenvalue weighted by Crippen LogP contribution is 2.14. The number of carbonyl (C=O) groups excluding carboxylic acids is 3. The maximum absolute atomic E-state index is 12.9. The van der Waals surface area contributed by atoms with Crippen molar-refractivity contribution >= 4 is 17.9 Å². The summed E-state index contributed by atoms with van der Waals surface area (Å²) in [5.74, 6) is -1.02. The second-order valence-corrected chi connectivity index (χ2v) is 18.1. The Hall–Kier alpha value is -4.19. The summed E-state index contributed by atoms with van der Waals surface area (Å²) in [7, 11) is 0. The van der Waals surface area contributed by atoms with Crippen LogP contribution in [0, 0.1) is 0 Å². The molecule has 0 N–H and O–H groups in total. The Labute approximate surface area is 424 Å². The lowest BCUT2D eigenvalue weighted by Gasteiger charge is -2.18. The van der Waals surface area contributed by atoms with Gasteiger partial charge in [-0.3, -0.25) is 14.4 Å². The van der Waals surface area contributed by atoms with Gasteiger partial charge < -0.3 is 14.2 Å². The minimum atomic E-state index is -0.821. The molecular formula is C63H102O6. The number of allylic oxidation sites excluding steroid dienone is 20. The summed E-state index contributed by atoms with van der Waals surface area (Å²) in [4.78, 5) is 38.1. The molecule has 0 aliphatic carbocycles.